The zero-order valence-corrected chi connectivity index (χ0v) is 11.7. The van der Waals surface area contributed by atoms with Gasteiger partial charge in [-0.25, -0.2) is 0 Å². The fourth-order valence-electron chi connectivity index (χ4n) is 3.31. The minimum absolute atomic E-state index is 0.0393. The summed E-state index contributed by atoms with van der Waals surface area (Å²) in [5.74, 6) is 0.309. The van der Waals surface area contributed by atoms with Crippen LogP contribution in [-0.2, 0) is 9.53 Å². The molecule has 0 aliphatic carbocycles. The van der Waals surface area contributed by atoms with E-state index in [0.717, 1.165) is 25.7 Å². The van der Waals surface area contributed by atoms with Crippen molar-refractivity contribution in [1.82, 2.24) is 4.90 Å². The Labute approximate surface area is 120 Å². The van der Waals surface area contributed by atoms with Crippen molar-refractivity contribution in [2.45, 2.75) is 38.0 Å². The van der Waals surface area contributed by atoms with E-state index in [2.05, 4.69) is 18.7 Å². The van der Waals surface area contributed by atoms with Crippen LogP contribution in [0.3, 0.4) is 0 Å². The Morgan fingerprint density at radius 3 is 2.85 bits per heavy atom. The summed E-state index contributed by atoms with van der Waals surface area (Å²) >= 11 is 0. The van der Waals surface area contributed by atoms with Gasteiger partial charge in [0.25, 0.3) is 0 Å². The van der Waals surface area contributed by atoms with Crippen LogP contribution < -0.4 is 0 Å². The van der Waals surface area contributed by atoms with Crippen LogP contribution in [0.2, 0.25) is 0 Å². The lowest BCUT2D eigenvalue weighted by atomic mass is 9.97. The number of nitrogens with zero attached hydrogens (tertiary/aromatic N) is 1. The van der Waals surface area contributed by atoms with E-state index in [-0.39, 0.29) is 24.1 Å². The highest BCUT2D eigenvalue weighted by Gasteiger charge is 2.42. The van der Waals surface area contributed by atoms with Crippen molar-refractivity contribution in [3.05, 3.63) is 48.6 Å². The van der Waals surface area contributed by atoms with Crippen molar-refractivity contribution in [1.29, 1.82) is 0 Å². The van der Waals surface area contributed by atoms with Crippen molar-refractivity contribution in [2.24, 2.45) is 5.92 Å². The smallest absolute Gasteiger partial charge is 0.228 e. The second-order valence-corrected chi connectivity index (χ2v) is 5.61. The number of hydrogen-bond acceptors (Lipinski definition) is 2. The van der Waals surface area contributed by atoms with Gasteiger partial charge in [0.1, 0.15) is 6.23 Å². The van der Waals surface area contributed by atoms with Crippen LogP contribution in [0, 0.1) is 5.92 Å². The molecule has 3 rings (SSSR count). The number of carbonyl (C=O) groups excluding carboxylic acids is 1. The molecule has 2 heterocycles. The van der Waals surface area contributed by atoms with E-state index in [1.807, 2.05) is 29.2 Å². The molecule has 3 heteroatoms. The molecule has 2 aliphatic heterocycles. The molecular formula is C17H21NO2. The van der Waals surface area contributed by atoms with Gasteiger partial charge in [0.2, 0.25) is 5.91 Å². The van der Waals surface area contributed by atoms with E-state index in [4.69, 9.17) is 4.74 Å². The zero-order valence-electron chi connectivity index (χ0n) is 11.7. The van der Waals surface area contributed by atoms with Crippen LogP contribution in [0.5, 0.6) is 0 Å². The molecule has 1 amide bonds. The van der Waals surface area contributed by atoms with Gasteiger partial charge in [0.05, 0.1) is 12.6 Å². The minimum atomic E-state index is -0.0393. The van der Waals surface area contributed by atoms with Gasteiger partial charge in [-0.05, 0) is 31.2 Å². The maximum atomic E-state index is 12.8. The van der Waals surface area contributed by atoms with Gasteiger partial charge in [-0.15, -0.1) is 6.58 Å². The third-order valence-electron chi connectivity index (χ3n) is 4.34. The molecule has 0 bridgehead atoms. The highest BCUT2D eigenvalue weighted by atomic mass is 16.5. The molecule has 0 radical (unpaired) electrons. The number of ether oxygens (including phenoxy) is 1. The van der Waals surface area contributed by atoms with Gasteiger partial charge in [-0.3, -0.25) is 4.79 Å². The summed E-state index contributed by atoms with van der Waals surface area (Å²) in [4.78, 5) is 14.8. The SMILES string of the molecule is C=CC[C@H]1CCC[C@@H]2OC[C@@H](c3ccccc3)N2C1=O. The predicted octanol–water partition coefficient (Wildman–Crippen LogP) is 3.29. The van der Waals surface area contributed by atoms with Crippen molar-refractivity contribution >= 4 is 5.91 Å². The van der Waals surface area contributed by atoms with E-state index in [1.54, 1.807) is 0 Å². The summed E-state index contributed by atoms with van der Waals surface area (Å²) in [6.45, 7) is 4.39. The highest BCUT2D eigenvalue weighted by molar-refractivity contribution is 5.80. The average molecular weight is 271 g/mol. The maximum absolute atomic E-state index is 12.8. The lowest BCUT2D eigenvalue weighted by molar-refractivity contribution is -0.140. The molecule has 3 nitrogen and oxygen atoms in total. The quantitative estimate of drug-likeness (QED) is 0.789. The van der Waals surface area contributed by atoms with Gasteiger partial charge in [0, 0.05) is 5.92 Å². The summed E-state index contributed by atoms with van der Waals surface area (Å²) in [6.07, 6.45) is 5.53. The molecule has 3 atom stereocenters. The van der Waals surface area contributed by atoms with Crippen LogP contribution in [-0.4, -0.2) is 23.6 Å². The molecule has 0 spiro atoms. The van der Waals surface area contributed by atoms with Gasteiger partial charge in [-0.2, -0.15) is 0 Å². The number of fused-ring (bicyclic) bond motifs is 1. The Balaban J connectivity index is 1.88. The summed E-state index contributed by atoms with van der Waals surface area (Å²) in [5.41, 5.74) is 1.17. The van der Waals surface area contributed by atoms with E-state index in [0.29, 0.717) is 6.61 Å². The fourth-order valence-corrected chi connectivity index (χ4v) is 3.31. The fraction of sp³-hybridized carbons (Fsp3) is 0.471. The van der Waals surface area contributed by atoms with Crippen LogP contribution in [0.1, 0.15) is 37.3 Å². The number of benzene rings is 1. The first-order chi connectivity index (χ1) is 9.81. The van der Waals surface area contributed by atoms with Crippen molar-refractivity contribution in [3.63, 3.8) is 0 Å². The standard InChI is InChI=1S/C17H21NO2/c1-2-7-14-10-6-11-16-18(17(14)19)15(12-20-16)13-8-4-3-5-9-13/h2-5,8-9,14-16H,1,6-7,10-12H2/t14-,15-,16-/m0/s1. The topological polar surface area (TPSA) is 29.5 Å². The number of rotatable bonds is 3. The normalized spacial score (nSPS) is 29.9. The van der Waals surface area contributed by atoms with Crippen LogP contribution in [0.25, 0.3) is 0 Å². The molecule has 106 valence electrons. The summed E-state index contributed by atoms with van der Waals surface area (Å²) < 4.78 is 5.88. The van der Waals surface area contributed by atoms with Gasteiger partial charge >= 0.3 is 0 Å². The number of allylic oxidation sites excluding steroid dienone is 1. The first kappa shape index (κ1) is 13.4. The summed E-state index contributed by atoms with van der Waals surface area (Å²) in [5, 5.41) is 0. The molecule has 1 aromatic rings. The lowest BCUT2D eigenvalue weighted by Gasteiger charge is -2.29. The van der Waals surface area contributed by atoms with Crippen molar-refractivity contribution in [3.8, 4) is 0 Å². The molecule has 0 unspecified atom stereocenters. The number of amides is 1. The molecular weight excluding hydrogens is 250 g/mol. The van der Waals surface area contributed by atoms with Crippen molar-refractivity contribution < 1.29 is 9.53 Å². The minimum Gasteiger partial charge on any atom is -0.356 e. The Bertz CT molecular complexity index is 485. The second-order valence-electron chi connectivity index (χ2n) is 5.61. The molecule has 2 fully saturated rings. The van der Waals surface area contributed by atoms with Gasteiger partial charge < -0.3 is 9.64 Å². The maximum Gasteiger partial charge on any atom is 0.228 e. The highest BCUT2D eigenvalue weighted by Crippen LogP contribution is 2.37. The molecule has 20 heavy (non-hydrogen) atoms. The largest absolute Gasteiger partial charge is 0.356 e. The first-order valence-corrected chi connectivity index (χ1v) is 7.41. The van der Waals surface area contributed by atoms with Gasteiger partial charge in [0.15, 0.2) is 0 Å². The third-order valence-corrected chi connectivity index (χ3v) is 4.34. The Morgan fingerprint density at radius 2 is 2.10 bits per heavy atom. The third kappa shape index (κ3) is 2.38. The Kier molecular flexibility index (Phi) is 3.88. The van der Waals surface area contributed by atoms with E-state index < -0.39 is 0 Å². The second kappa shape index (κ2) is 5.80. The Morgan fingerprint density at radius 1 is 1.30 bits per heavy atom. The first-order valence-electron chi connectivity index (χ1n) is 7.41. The van der Waals surface area contributed by atoms with E-state index in [1.165, 1.54) is 5.56 Å². The van der Waals surface area contributed by atoms with Crippen LogP contribution in [0.4, 0.5) is 0 Å². The molecule has 1 aromatic carbocycles. The average Bonchev–Trinajstić information content (AvgIpc) is 2.84. The molecule has 0 N–H and O–H groups in total. The summed E-state index contributed by atoms with van der Waals surface area (Å²) in [6, 6.07) is 10.3. The molecule has 2 saturated heterocycles. The zero-order chi connectivity index (χ0) is 13.9. The Hall–Kier alpha value is -1.61. The molecule has 0 saturated carbocycles. The predicted molar refractivity (Wildman–Crippen MR) is 77.9 cm³/mol. The summed E-state index contributed by atoms with van der Waals surface area (Å²) in [7, 11) is 0. The monoisotopic (exact) mass is 271 g/mol. The van der Waals surface area contributed by atoms with Crippen molar-refractivity contribution in [2.75, 3.05) is 6.61 Å². The number of carbonyl (C=O) groups is 1. The lowest BCUT2D eigenvalue weighted by Crippen LogP contribution is -2.39. The van der Waals surface area contributed by atoms with E-state index in [9.17, 15) is 4.79 Å². The van der Waals surface area contributed by atoms with E-state index >= 15 is 0 Å². The van der Waals surface area contributed by atoms with Crippen LogP contribution >= 0.6 is 0 Å². The van der Waals surface area contributed by atoms with Crippen LogP contribution in [0.15, 0.2) is 43.0 Å². The van der Waals surface area contributed by atoms with Gasteiger partial charge in [-0.1, -0.05) is 36.4 Å². The number of hydrogen-bond donors (Lipinski definition) is 0. The molecule has 0 aromatic heterocycles. The molecule has 2 aliphatic rings.